The number of rotatable bonds is 3. The highest BCUT2D eigenvalue weighted by molar-refractivity contribution is 5.92. The molecule has 4 rings (SSSR count). The fraction of sp³-hybridized carbons (Fsp3) is 0.136. The fourth-order valence-electron chi connectivity index (χ4n) is 3.47. The molecule has 0 saturated heterocycles. The highest BCUT2D eigenvalue weighted by Gasteiger charge is 2.33. The fourth-order valence-corrected chi connectivity index (χ4v) is 3.47. The number of hydrogen-bond donors (Lipinski definition) is 8. The number of aliphatic hydroxyl groups is 1. The topological polar surface area (TPSA) is 197 Å². The Morgan fingerprint density at radius 1 is 0.788 bits per heavy atom. The number of carbonyl (C=O) groups is 1. The second-order valence-electron chi connectivity index (χ2n) is 7.39. The minimum absolute atomic E-state index is 0.0385. The van der Waals surface area contributed by atoms with Crippen LogP contribution in [0.3, 0.4) is 0 Å². The summed E-state index contributed by atoms with van der Waals surface area (Å²) in [5, 5.41) is 78.3. The molecule has 3 aromatic rings. The third-order valence-electron chi connectivity index (χ3n) is 5.11. The Morgan fingerprint density at radius 2 is 1.33 bits per heavy atom. The molecule has 0 bridgehead atoms. The van der Waals surface area contributed by atoms with Crippen LogP contribution in [0.1, 0.15) is 27.6 Å². The van der Waals surface area contributed by atoms with Crippen molar-refractivity contribution in [2.45, 2.75) is 18.6 Å². The smallest absolute Gasteiger partial charge is 0.343 e. The number of hydrogen-bond acceptors (Lipinski definition) is 11. The van der Waals surface area contributed by atoms with Crippen molar-refractivity contribution < 1.29 is 55.1 Å². The molecule has 0 aromatic heterocycles. The molecule has 1 aliphatic rings. The van der Waals surface area contributed by atoms with Crippen LogP contribution < -0.4 is 9.47 Å². The van der Waals surface area contributed by atoms with Crippen LogP contribution in [0.4, 0.5) is 0 Å². The first-order chi connectivity index (χ1) is 15.5. The number of fused-ring (bicyclic) bond motifs is 1. The van der Waals surface area contributed by atoms with Gasteiger partial charge < -0.3 is 50.3 Å². The van der Waals surface area contributed by atoms with Crippen LogP contribution in [-0.2, 0) is 6.42 Å². The molecule has 0 unspecified atom stereocenters. The van der Waals surface area contributed by atoms with Crippen LogP contribution in [0.15, 0.2) is 36.4 Å². The van der Waals surface area contributed by atoms with Gasteiger partial charge in [-0.3, -0.25) is 0 Å². The zero-order valence-corrected chi connectivity index (χ0v) is 16.6. The highest BCUT2D eigenvalue weighted by Crippen LogP contribution is 2.45. The molecular formula is C22H18O11. The van der Waals surface area contributed by atoms with E-state index in [1.807, 2.05) is 0 Å². The van der Waals surface area contributed by atoms with Crippen LogP contribution in [0.25, 0.3) is 0 Å². The summed E-state index contributed by atoms with van der Waals surface area (Å²) in [4.78, 5) is 12.4. The zero-order valence-electron chi connectivity index (χ0n) is 16.6. The minimum atomic E-state index is -1.19. The molecule has 3 aromatic carbocycles. The number of ether oxygens (including phenoxy) is 2. The van der Waals surface area contributed by atoms with Crippen molar-refractivity contribution in [2.24, 2.45) is 0 Å². The van der Waals surface area contributed by atoms with E-state index >= 15 is 0 Å². The molecular weight excluding hydrogens is 440 g/mol. The Hall–Kier alpha value is -4.51. The Bertz CT molecular complexity index is 1220. The molecule has 172 valence electrons. The molecule has 2 atom stereocenters. The van der Waals surface area contributed by atoms with E-state index in [0.717, 1.165) is 30.3 Å². The number of phenols is 7. The van der Waals surface area contributed by atoms with Crippen LogP contribution in [0, 0.1) is 0 Å². The first-order valence-corrected chi connectivity index (χ1v) is 9.47. The largest absolute Gasteiger partial charge is 0.507 e. The van der Waals surface area contributed by atoms with Gasteiger partial charge in [-0.2, -0.15) is 0 Å². The third kappa shape index (κ3) is 3.92. The molecule has 0 fully saturated rings. The van der Waals surface area contributed by atoms with E-state index in [0.29, 0.717) is 0 Å². The van der Waals surface area contributed by atoms with E-state index in [4.69, 9.17) is 9.47 Å². The SMILES string of the molecule is O=C(Oc1cc(O)c2c(c1)O[C@@H](c1cc(O)c(O)c(O)c1)[C@H](O)C2)c1cc(O)c(O)c(O)c1. The maximum Gasteiger partial charge on any atom is 0.343 e. The van der Waals surface area contributed by atoms with E-state index in [9.17, 15) is 45.6 Å². The first-order valence-electron chi connectivity index (χ1n) is 9.47. The molecule has 11 heteroatoms. The molecule has 33 heavy (non-hydrogen) atoms. The van der Waals surface area contributed by atoms with Gasteiger partial charge in [0.05, 0.1) is 11.7 Å². The summed E-state index contributed by atoms with van der Waals surface area (Å²) in [7, 11) is 0. The van der Waals surface area contributed by atoms with Crippen LogP contribution in [0.2, 0.25) is 0 Å². The van der Waals surface area contributed by atoms with E-state index in [1.54, 1.807) is 0 Å². The van der Waals surface area contributed by atoms with Gasteiger partial charge in [-0.05, 0) is 24.3 Å². The van der Waals surface area contributed by atoms with Gasteiger partial charge in [-0.25, -0.2) is 4.79 Å². The lowest BCUT2D eigenvalue weighted by molar-refractivity contribution is 0.0195. The number of aliphatic hydroxyl groups excluding tert-OH is 1. The van der Waals surface area contributed by atoms with E-state index in [-0.39, 0.29) is 40.4 Å². The van der Waals surface area contributed by atoms with Crippen molar-refractivity contribution in [3.05, 3.63) is 53.1 Å². The quantitative estimate of drug-likeness (QED) is 0.162. The summed E-state index contributed by atoms with van der Waals surface area (Å²) in [6.07, 6.45) is -2.38. The van der Waals surface area contributed by atoms with E-state index < -0.39 is 52.7 Å². The van der Waals surface area contributed by atoms with Gasteiger partial charge in [-0.15, -0.1) is 0 Å². The lowest BCUT2D eigenvalue weighted by Gasteiger charge is -2.31. The van der Waals surface area contributed by atoms with Crippen molar-refractivity contribution in [2.75, 3.05) is 0 Å². The van der Waals surface area contributed by atoms with Gasteiger partial charge in [0.15, 0.2) is 40.6 Å². The second kappa shape index (κ2) is 7.88. The maximum absolute atomic E-state index is 12.4. The van der Waals surface area contributed by atoms with Crippen molar-refractivity contribution in [1.29, 1.82) is 0 Å². The molecule has 0 aliphatic carbocycles. The van der Waals surface area contributed by atoms with E-state index in [1.165, 1.54) is 6.07 Å². The standard InChI is InChI=1S/C22H18O11/c23-12-5-10(32-22(31)9-3-15(26)20(30)16(27)4-9)6-18-11(12)7-17(28)21(33-18)8-1-13(24)19(29)14(25)2-8/h1-6,17,21,23-30H,7H2/t17-,21+/m1/s1. The van der Waals surface area contributed by atoms with Crippen molar-refractivity contribution in [1.82, 2.24) is 0 Å². The first kappa shape index (κ1) is 21.7. The molecule has 1 aliphatic heterocycles. The molecule has 0 amide bonds. The van der Waals surface area contributed by atoms with Gasteiger partial charge >= 0.3 is 5.97 Å². The molecule has 0 radical (unpaired) electrons. The number of phenolic OH excluding ortho intramolecular Hbond substituents is 7. The Balaban J connectivity index is 1.63. The summed E-state index contributed by atoms with van der Waals surface area (Å²) in [5.41, 5.74) is 0.0628. The molecule has 0 spiro atoms. The summed E-state index contributed by atoms with van der Waals surface area (Å²) < 4.78 is 10.9. The number of carbonyl (C=O) groups excluding carboxylic acids is 1. The van der Waals surface area contributed by atoms with Crippen molar-refractivity contribution in [3.8, 4) is 51.7 Å². The van der Waals surface area contributed by atoms with Gasteiger partial charge in [0.1, 0.15) is 17.2 Å². The molecule has 0 saturated carbocycles. The van der Waals surface area contributed by atoms with Gasteiger partial charge in [-0.1, -0.05) is 0 Å². The predicted molar refractivity (Wildman–Crippen MR) is 109 cm³/mol. The normalized spacial score (nSPS) is 17.1. The summed E-state index contributed by atoms with van der Waals surface area (Å²) in [6, 6.07) is 6.31. The summed E-state index contributed by atoms with van der Waals surface area (Å²) in [6.45, 7) is 0. The molecule has 11 nitrogen and oxygen atoms in total. The Kier molecular flexibility index (Phi) is 5.18. The van der Waals surface area contributed by atoms with E-state index in [2.05, 4.69) is 0 Å². The van der Waals surface area contributed by atoms with Crippen LogP contribution in [0.5, 0.6) is 51.7 Å². The maximum atomic E-state index is 12.4. The summed E-state index contributed by atoms with van der Waals surface area (Å²) >= 11 is 0. The molecule has 1 heterocycles. The lowest BCUT2D eigenvalue weighted by atomic mass is 9.93. The minimum Gasteiger partial charge on any atom is -0.507 e. The Labute approximate surface area is 185 Å². The zero-order chi connectivity index (χ0) is 24.0. The Morgan fingerprint density at radius 3 is 1.91 bits per heavy atom. The van der Waals surface area contributed by atoms with Crippen molar-refractivity contribution in [3.63, 3.8) is 0 Å². The van der Waals surface area contributed by atoms with Gasteiger partial charge in [0.2, 0.25) is 0 Å². The molecule has 8 N–H and O–H groups in total. The number of aromatic hydroxyl groups is 7. The van der Waals surface area contributed by atoms with Crippen LogP contribution in [-0.4, -0.2) is 52.9 Å². The number of esters is 1. The van der Waals surface area contributed by atoms with Crippen molar-refractivity contribution >= 4 is 5.97 Å². The predicted octanol–water partition coefficient (Wildman–Crippen LogP) is 1.88. The monoisotopic (exact) mass is 458 g/mol. The highest BCUT2D eigenvalue weighted by atomic mass is 16.5. The average molecular weight is 458 g/mol. The van der Waals surface area contributed by atoms with Crippen LogP contribution >= 0.6 is 0 Å². The van der Waals surface area contributed by atoms with Gasteiger partial charge in [0.25, 0.3) is 0 Å². The number of benzene rings is 3. The second-order valence-corrected chi connectivity index (χ2v) is 7.39. The average Bonchev–Trinajstić information content (AvgIpc) is 2.75. The third-order valence-corrected chi connectivity index (χ3v) is 5.11. The lowest BCUT2D eigenvalue weighted by Crippen LogP contribution is -2.30. The van der Waals surface area contributed by atoms with Gasteiger partial charge in [0, 0.05) is 29.7 Å². The summed E-state index contributed by atoms with van der Waals surface area (Å²) in [5.74, 6) is -5.78.